The molecule has 0 radical (unpaired) electrons. The third-order valence-corrected chi connectivity index (χ3v) is 1.49. The van der Waals surface area contributed by atoms with Gasteiger partial charge in [-0.05, 0) is 30.5 Å². The van der Waals surface area contributed by atoms with Gasteiger partial charge in [-0.3, -0.25) is 0 Å². The minimum Gasteiger partial charge on any atom is -0.475 e. The summed E-state index contributed by atoms with van der Waals surface area (Å²) in [6.45, 7) is 0. The van der Waals surface area contributed by atoms with Crippen molar-refractivity contribution in [3.8, 4) is 0 Å². The van der Waals surface area contributed by atoms with Crippen LogP contribution < -0.4 is 11.5 Å². The van der Waals surface area contributed by atoms with E-state index in [1.807, 2.05) is 0 Å². The average molecular weight is 194 g/mol. The van der Waals surface area contributed by atoms with Crippen molar-refractivity contribution in [2.75, 3.05) is 0 Å². The SMILES string of the molecule is N/C=C\C=C(/N)c1ccc(C(=O)O)o1. The molecule has 5 N–H and O–H groups in total. The molecule has 0 unspecified atom stereocenters. The zero-order valence-electron chi connectivity index (χ0n) is 7.31. The number of hydrogen-bond donors (Lipinski definition) is 3. The summed E-state index contributed by atoms with van der Waals surface area (Å²) in [5.74, 6) is -0.966. The van der Waals surface area contributed by atoms with Gasteiger partial charge in [-0.1, -0.05) is 0 Å². The molecule has 0 saturated heterocycles. The molecule has 14 heavy (non-hydrogen) atoms. The van der Waals surface area contributed by atoms with Crippen LogP contribution in [0.2, 0.25) is 0 Å². The molecule has 0 saturated carbocycles. The van der Waals surface area contributed by atoms with E-state index in [2.05, 4.69) is 0 Å². The van der Waals surface area contributed by atoms with Crippen LogP contribution in [0.15, 0.2) is 34.9 Å². The Morgan fingerprint density at radius 2 is 2.07 bits per heavy atom. The highest BCUT2D eigenvalue weighted by Gasteiger charge is 2.09. The normalized spacial score (nSPS) is 12.1. The fourth-order valence-corrected chi connectivity index (χ4v) is 0.849. The maximum absolute atomic E-state index is 10.5. The quantitative estimate of drug-likeness (QED) is 0.616. The van der Waals surface area contributed by atoms with Gasteiger partial charge in [-0.2, -0.15) is 0 Å². The van der Waals surface area contributed by atoms with E-state index < -0.39 is 5.97 Å². The van der Waals surface area contributed by atoms with Crippen molar-refractivity contribution in [2.24, 2.45) is 11.5 Å². The van der Waals surface area contributed by atoms with E-state index in [9.17, 15) is 4.79 Å². The number of rotatable bonds is 3. The van der Waals surface area contributed by atoms with Gasteiger partial charge in [-0.15, -0.1) is 0 Å². The number of furan rings is 1. The summed E-state index contributed by atoms with van der Waals surface area (Å²) in [6, 6.07) is 2.82. The molecular weight excluding hydrogens is 184 g/mol. The lowest BCUT2D eigenvalue weighted by molar-refractivity contribution is 0.0662. The van der Waals surface area contributed by atoms with E-state index in [0.29, 0.717) is 11.5 Å². The molecule has 0 bridgehead atoms. The van der Waals surface area contributed by atoms with Gasteiger partial charge >= 0.3 is 5.97 Å². The number of carbonyl (C=O) groups is 1. The van der Waals surface area contributed by atoms with Crippen LogP contribution >= 0.6 is 0 Å². The van der Waals surface area contributed by atoms with E-state index >= 15 is 0 Å². The maximum Gasteiger partial charge on any atom is 0.371 e. The molecule has 0 fully saturated rings. The standard InChI is InChI=1S/C9H10N2O3/c10-5-1-2-6(11)7-3-4-8(14-7)9(12)13/h1-5H,10-11H2,(H,12,13)/b5-1-,6-2-. The molecule has 0 aliphatic rings. The van der Waals surface area contributed by atoms with Crippen LogP contribution in [0.1, 0.15) is 16.3 Å². The Kier molecular flexibility index (Phi) is 2.96. The van der Waals surface area contributed by atoms with Gasteiger partial charge in [0.05, 0.1) is 5.70 Å². The number of carboxylic acid groups (broad SMARTS) is 1. The predicted octanol–water partition coefficient (Wildman–Crippen LogP) is 0.750. The molecule has 1 aromatic heterocycles. The summed E-state index contributed by atoms with van der Waals surface area (Å²) in [5.41, 5.74) is 11.0. The molecule has 0 aliphatic heterocycles. The van der Waals surface area contributed by atoms with Crippen LogP contribution in [-0.2, 0) is 0 Å². The largest absolute Gasteiger partial charge is 0.475 e. The van der Waals surface area contributed by atoms with Crippen molar-refractivity contribution >= 4 is 11.7 Å². The summed E-state index contributed by atoms with van der Waals surface area (Å²) in [5, 5.41) is 8.57. The Balaban J connectivity index is 2.91. The first-order valence-corrected chi connectivity index (χ1v) is 3.82. The number of nitrogens with two attached hydrogens (primary N) is 2. The first-order chi connectivity index (χ1) is 6.65. The second-order valence-electron chi connectivity index (χ2n) is 2.48. The van der Waals surface area contributed by atoms with E-state index in [0.717, 1.165) is 0 Å². The van der Waals surface area contributed by atoms with Crippen LogP contribution in [-0.4, -0.2) is 11.1 Å². The summed E-state index contributed by atoms with van der Waals surface area (Å²) in [4.78, 5) is 10.5. The zero-order valence-corrected chi connectivity index (χ0v) is 7.31. The lowest BCUT2D eigenvalue weighted by Crippen LogP contribution is -1.95. The molecule has 0 atom stereocenters. The van der Waals surface area contributed by atoms with E-state index in [4.69, 9.17) is 21.0 Å². The first kappa shape index (κ1) is 9.91. The van der Waals surface area contributed by atoms with Crippen molar-refractivity contribution in [2.45, 2.75) is 0 Å². The molecular formula is C9H10N2O3. The van der Waals surface area contributed by atoms with Crippen molar-refractivity contribution in [1.82, 2.24) is 0 Å². The van der Waals surface area contributed by atoms with E-state index in [1.54, 1.807) is 0 Å². The minimum atomic E-state index is -1.13. The first-order valence-electron chi connectivity index (χ1n) is 3.82. The van der Waals surface area contributed by atoms with E-state index in [1.165, 1.54) is 30.5 Å². The third kappa shape index (κ3) is 2.16. The van der Waals surface area contributed by atoms with Gasteiger partial charge in [0.2, 0.25) is 5.76 Å². The second kappa shape index (κ2) is 4.18. The third-order valence-electron chi connectivity index (χ3n) is 1.49. The van der Waals surface area contributed by atoms with Gasteiger partial charge in [0.25, 0.3) is 0 Å². The summed E-state index contributed by atoms with van der Waals surface area (Å²) in [6.07, 6.45) is 4.36. The topological polar surface area (TPSA) is 102 Å². The second-order valence-corrected chi connectivity index (χ2v) is 2.48. The predicted molar refractivity (Wildman–Crippen MR) is 51.2 cm³/mol. The van der Waals surface area contributed by atoms with Crippen molar-refractivity contribution in [1.29, 1.82) is 0 Å². The summed E-state index contributed by atoms with van der Waals surface area (Å²) < 4.78 is 4.94. The zero-order chi connectivity index (χ0) is 10.6. The lowest BCUT2D eigenvalue weighted by atomic mass is 10.3. The molecule has 0 spiro atoms. The Bertz CT molecular complexity index is 391. The van der Waals surface area contributed by atoms with Crippen LogP contribution in [0, 0.1) is 0 Å². The van der Waals surface area contributed by atoms with Crippen LogP contribution in [0.4, 0.5) is 0 Å². The van der Waals surface area contributed by atoms with Gasteiger partial charge in [0, 0.05) is 0 Å². The van der Waals surface area contributed by atoms with Gasteiger partial charge < -0.3 is 21.0 Å². The monoisotopic (exact) mass is 194 g/mol. The minimum absolute atomic E-state index is 0.145. The molecule has 1 aromatic rings. The number of aromatic carboxylic acids is 1. The summed E-state index contributed by atoms with van der Waals surface area (Å²) >= 11 is 0. The fourth-order valence-electron chi connectivity index (χ4n) is 0.849. The number of hydrogen-bond acceptors (Lipinski definition) is 4. The Morgan fingerprint density at radius 3 is 2.57 bits per heavy atom. The number of carboxylic acids is 1. The molecule has 0 aliphatic carbocycles. The van der Waals surface area contributed by atoms with Gasteiger partial charge in [0.15, 0.2) is 5.76 Å². The van der Waals surface area contributed by atoms with Gasteiger partial charge in [-0.25, -0.2) is 4.79 Å². The molecule has 1 rings (SSSR count). The molecule has 1 heterocycles. The Labute approximate surface area is 80.3 Å². The molecule has 0 amide bonds. The van der Waals surface area contributed by atoms with Crippen molar-refractivity contribution < 1.29 is 14.3 Å². The molecule has 0 aromatic carbocycles. The fraction of sp³-hybridized carbons (Fsp3) is 0. The Morgan fingerprint density at radius 1 is 1.43 bits per heavy atom. The van der Waals surface area contributed by atoms with Crippen molar-refractivity contribution in [3.05, 3.63) is 42.0 Å². The highest BCUT2D eigenvalue weighted by molar-refractivity contribution is 5.84. The smallest absolute Gasteiger partial charge is 0.371 e. The molecule has 5 heteroatoms. The molecule has 5 nitrogen and oxygen atoms in total. The van der Waals surface area contributed by atoms with Crippen LogP contribution in [0.5, 0.6) is 0 Å². The Hall–Kier alpha value is -2.17. The van der Waals surface area contributed by atoms with Crippen LogP contribution in [0.25, 0.3) is 5.70 Å². The van der Waals surface area contributed by atoms with Crippen LogP contribution in [0.3, 0.4) is 0 Å². The van der Waals surface area contributed by atoms with Gasteiger partial charge in [0.1, 0.15) is 0 Å². The highest BCUT2D eigenvalue weighted by Crippen LogP contribution is 2.13. The average Bonchev–Trinajstić information content (AvgIpc) is 2.62. The van der Waals surface area contributed by atoms with Crippen molar-refractivity contribution in [3.63, 3.8) is 0 Å². The highest BCUT2D eigenvalue weighted by atomic mass is 16.4. The molecule has 74 valence electrons. The van der Waals surface area contributed by atoms with E-state index in [-0.39, 0.29) is 5.76 Å². The lowest BCUT2D eigenvalue weighted by Gasteiger charge is -1.93. The maximum atomic E-state index is 10.5. The number of allylic oxidation sites excluding steroid dienone is 2. The summed E-state index contributed by atoms with van der Waals surface area (Å²) in [7, 11) is 0.